The van der Waals surface area contributed by atoms with Gasteiger partial charge < -0.3 is 9.47 Å². The van der Waals surface area contributed by atoms with Crippen molar-refractivity contribution in [2.75, 3.05) is 0 Å². The molecule has 1 aromatic rings. The minimum absolute atomic E-state index is 0.285. The summed E-state index contributed by atoms with van der Waals surface area (Å²) in [5.74, 6) is 0.263. The van der Waals surface area contributed by atoms with E-state index in [-0.39, 0.29) is 5.97 Å². The van der Waals surface area contributed by atoms with Gasteiger partial charge in [0.2, 0.25) is 0 Å². The Bertz CT molecular complexity index is 469. The average Bonchev–Trinajstić information content (AvgIpc) is 2.56. The number of ether oxygens (including phenoxy) is 2. The summed E-state index contributed by atoms with van der Waals surface area (Å²) in [6, 6.07) is 7.58. The van der Waals surface area contributed by atoms with Crippen LogP contribution in [0.4, 0.5) is 0 Å². The van der Waals surface area contributed by atoms with Crippen molar-refractivity contribution < 1.29 is 14.3 Å². The quantitative estimate of drug-likeness (QED) is 0.697. The van der Waals surface area contributed by atoms with Crippen LogP contribution in [0.5, 0.6) is 0 Å². The average molecular weight is 232 g/mol. The van der Waals surface area contributed by atoms with Crippen LogP contribution < -0.4 is 0 Å². The van der Waals surface area contributed by atoms with Crippen molar-refractivity contribution in [1.82, 2.24) is 0 Å². The zero-order chi connectivity index (χ0) is 12.6. The van der Waals surface area contributed by atoms with Crippen LogP contribution in [0, 0.1) is 5.41 Å². The van der Waals surface area contributed by atoms with Crippen molar-refractivity contribution in [3.63, 3.8) is 0 Å². The van der Waals surface area contributed by atoms with Crippen molar-refractivity contribution >= 4 is 11.7 Å². The molecule has 90 valence electrons. The second kappa shape index (κ2) is 3.91. The Hall–Kier alpha value is -1.77. The first kappa shape index (κ1) is 11.7. The fraction of sp³-hybridized carbons (Fsp3) is 0.357. The Morgan fingerprint density at radius 3 is 2.65 bits per heavy atom. The number of carbonyl (C=O) groups is 1. The van der Waals surface area contributed by atoms with Gasteiger partial charge in [0.15, 0.2) is 0 Å². The van der Waals surface area contributed by atoms with Gasteiger partial charge in [-0.05, 0) is 20.8 Å². The second-order valence-electron chi connectivity index (χ2n) is 5.12. The zero-order valence-corrected chi connectivity index (χ0v) is 10.3. The molecule has 0 aromatic heterocycles. The first-order valence-corrected chi connectivity index (χ1v) is 5.55. The molecule has 1 aliphatic rings. The number of benzene rings is 1. The molecule has 0 N–H and O–H groups in total. The smallest absolute Gasteiger partial charge is 0.314 e. The van der Waals surface area contributed by atoms with E-state index in [1.807, 2.05) is 45.0 Å². The standard InChI is InChI=1S/C14H16O3/c1-9-10-7-5-6-8-11(10)12(16-9)17-13(15)14(2,3)4/h5-8,12H,1H2,2-4H3. The lowest BCUT2D eigenvalue weighted by atomic mass is 9.97. The highest BCUT2D eigenvalue weighted by molar-refractivity contribution is 5.76. The maximum absolute atomic E-state index is 11.8. The van der Waals surface area contributed by atoms with E-state index >= 15 is 0 Å². The molecule has 0 saturated carbocycles. The largest absolute Gasteiger partial charge is 0.450 e. The third-order valence-corrected chi connectivity index (χ3v) is 2.59. The lowest BCUT2D eigenvalue weighted by Gasteiger charge is -2.20. The predicted octanol–water partition coefficient (Wildman–Crippen LogP) is 3.28. The molecule has 1 atom stereocenters. The Labute approximate surface area is 101 Å². The third-order valence-electron chi connectivity index (χ3n) is 2.59. The molecule has 0 aliphatic carbocycles. The minimum Gasteiger partial charge on any atom is -0.450 e. The first-order chi connectivity index (χ1) is 7.89. The van der Waals surface area contributed by atoms with Gasteiger partial charge in [0, 0.05) is 11.1 Å². The van der Waals surface area contributed by atoms with Gasteiger partial charge in [0.25, 0.3) is 6.29 Å². The van der Waals surface area contributed by atoms with Crippen LogP contribution in [0.2, 0.25) is 0 Å². The van der Waals surface area contributed by atoms with Gasteiger partial charge in [-0.1, -0.05) is 30.8 Å². The summed E-state index contributed by atoms with van der Waals surface area (Å²) in [4.78, 5) is 11.8. The van der Waals surface area contributed by atoms with E-state index in [4.69, 9.17) is 9.47 Å². The molecule has 0 bridgehead atoms. The highest BCUT2D eigenvalue weighted by Crippen LogP contribution is 2.38. The van der Waals surface area contributed by atoms with Crippen molar-refractivity contribution in [2.45, 2.75) is 27.1 Å². The van der Waals surface area contributed by atoms with Crippen LogP contribution in [0.25, 0.3) is 5.76 Å². The highest BCUT2D eigenvalue weighted by atomic mass is 16.7. The van der Waals surface area contributed by atoms with Gasteiger partial charge in [-0.15, -0.1) is 0 Å². The lowest BCUT2D eigenvalue weighted by Crippen LogP contribution is -2.24. The molecular weight excluding hydrogens is 216 g/mol. The summed E-state index contributed by atoms with van der Waals surface area (Å²) >= 11 is 0. The highest BCUT2D eigenvalue weighted by Gasteiger charge is 2.33. The maximum Gasteiger partial charge on any atom is 0.314 e. The first-order valence-electron chi connectivity index (χ1n) is 5.55. The van der Waals surface area contributed by atoms with Crippen LogP contribution >= 0.6 is 0 Å². The van der Waals surface area contributed by atoms with E-state index < -0.39 is 11.7 Å². The fourth-order valence-electron chi connectivity index (χ4n) is 1.57. The SMILES string of the molecule is C=C1OC(OC(=O)C(C)(C)C)c2ccccc21. The molecular formula is C14H16O3. The lowest BCUT2D eigenvalue weighted by molar-refractivity contribution is -0.176. The Morgan fingerprint density at radius 2 is 2.00 bits per heavy atom. The molecule has 0 spiro atoms. The van der Waals surface area contributed by atoms with Crippen molar-refractivity contribution in [3.05, 3.63) is 42.0 Å². The zero-order valence-electron chi connectivity index (χ0n) is 10.3. The van der Waals surface area contributed by atoms with Gasteiger partial charge >= 0.3 is 5.97 Å². The maximum atomic E-state index is 11.8. The van der Waals surface area contributed by atoms with E-state index in [1.54, 1.807) is 0 Å². The van der Waals surface area contributed by atoms with Crippen LogP contribution in [0.3, 0.4) is 0 Å². The Kier molecular flexibility index (Phi) is 2.69. The fourth-order valence-corrected chi connectivity index (χ4v) is 1.57. The number of fused-ring (bicyclic) bond motifs is 1. The summed E-state index contributed by atoms with van der Waals surface area (Å²) in [6.45, 7) is 9.23. The summed E-state index contributed by atoms with van der Waals surface area (Å²) in [5, 5.41) is 0. The third kappa shape index (κ3) is 2.18. The number of rotatable bonds is 1. The van der Waals surface area contributed by atoms with Crippen molar-refractivity contribution in [3.8, 4) is 0 Å². The van der Waals surface area contributed by atoms with Crippen LogP contribution in [0.15, 0.2) is 30.8 Å². The van der Waals surface area contributed by atoms with Gasteiger partial charge in [0.05, 0.1) is 5.41 Å². The van der Waals surface area contributed by atoms with E-state index in [0.29, 0.717) is 5.76 Å². The number of esters is 1. The van der Waals surface area contributed by atoms with E-state index in [1.165, 1.54) is 0 Å². The van der Waals surface area contributed by atoms with E-state index in [9.17, 15) is 4.79 Å². The molecule has 3 nitrogen and oxygen atoms in total. The molecule has 1 aliphatic heterocycles. The summed E-state index contributed by atoms with van der Waals surface area (Å²) in [7, 11) is 0. The molecule has 0 radical (unpaired) electrons. The van der Waals surface area contributed by atoms with E-state index in [2.05, 4.69) is 6.58 Å². The Morgan fingerprint density at radius 1 is 1.35 bits per heavy atom. The second-order valence-corrected chi connectivity index (χ2v) is 5.12. The molecule has 17 heavy (non-hydrogen) atoms. The van der Waals surface area contributed by atoms with Crippen molar-refractivity contribution in [2.24, 2.45) is 5.41 Å². The van der Waals surface area contributed by atoms with Gasteiger partial charge in [0.1, 0.15) is 5.76 Å². The summed E-state index contributed by atoms with van der Waals surface area (Å²) in [6.07, 6.45) is -0.662. The van der Waals surface area contributed by atoms with Gasteiger partial charge in [-0.25, -0.2) is 0 Å². The molecule has 1 unspecified atom stereocenters. The normalized spacial score (nSPS) is 18.5. The monoisotopic (exact) mass is 232 g/mol. The molecule has 1 aromatic carbocycles. The number of hydrogen-bond donors (Lipinski definition) is 0. The van der Waals surface area contributed by atoms with Crippen molar-refractivity contribution in [1.29, 1.82) is 0 Å². The summed E-state index contributed by atoms with van der Waals surface area (Å²) in [5.41, 5.74) is 1.22. The molecule has 0 amide bonds. The predicted molar refractivity (Wildman–Crippen MR) is 64.8 cm³/mol. The minimum atomic E-state index is -0.662. The van der Waals surface area contributed by atoms with Gasteiger partial charge in [-0.2, -0.15) is 0 Å². The van der Waals surface area contributed by atoms with Crippen LogP contribution in [-0.4, -0.2) is 5.97 Å². The molecule has 1 heterocycles. The molecule has 0 saturated heterocycles. The topological polar surface area (TPSA) is 35.5 Å². The van der Waals surface area contributed by atoms with Gasteiger partial charge in [-0.3, -0.25) is 4.79 Å². The number of hydrogen-bond acceptors (Lipinski definition) is 3. The van der Waals surface area contributed by atoms with E-state index in [0.717, 1.165) is 11.1 Å². The molecule has 3 heteroatoms. The van der Waals surface area contributed by atoms with Crippen LogP contribution in [-0.2, 0) is 14.3 Å². The summed E-state index contributed by atoms with van der Waals surface area (Å²) < 4.78 is 10.8. The molecule has 0 fully saturated rings. The van der Waals surface area contributed by atoms with Crippen LogP contribution in [0.1, 0.15) is 38.2 Å². The Balaban J connectivity index is 2.21. The molecule has 2 rings (SSSR count). The number of carbonyl (C=O) groups excluding carboxylic acids is 1.